The highest BCUT2D eigenvalue weighted by Gasteiger charge is 2.13. The SMILES string of the molecule is CCOC(=O)/C(=C/c1ccc(OC)c(OC)c1)CC(C)=O. The molecule has 0 aliphatic heterocycles. The molecule has 5 nitrogen and oxygen atoms in total. The quantitative estimate of drug-likeness (QED) is 0.571. The van der Waals surface area contributed by atoms with Crippen molar-refractivity contribution in [2.45, 2.75) is 20.3 Å². The van der Waals surface area contributed by atoms with Crippen LogP contribution < -0.4 is 9.47 Å². The lowest BCUT2D eigenvalue weighted by molar-refractivity contribution is -0.139. The summed E-state index contributed by atoms with van der Waals surface area (Å²) in [5.74, 6) is 0.563. The molecule has 0 atom stereocenters. The Labute approximate surface area is 124 Å². The van der Waals surface area contributed by atoms with Crippen molar-refractivity contribution in [2.24, 2.45) is 0 Å². The van der Waals surface area contributed by atoms with Crippen LogP contribution in [0.4, 0.5) is 0 Å². The first-order valence-corrected chi connectivity index (χ1v) is 6.61. The molecule has 0 bridgehead atoms. The Morgan fingerprint density at radius 3 is 2.33 bits per heavy atom. The van der Waals surface area contributed by atoms with Crippen LogP contribution in [0.1, 0.15) is 25.8 Å². The fourth-order valence-electron chi connectivity index (χ4n) is 1.82. The zero-order chi connectivity index (χ0) is 15.8. The maximum Gasteiger partial charge on any atom is 0.334 e. The Kier molecular flexibility index (Phi) is 6.46. The predicted octanol–water partition coefficient (Wildman–Crippen LogP) is 2.63. The van der Waals surface area contributed by atoms with Gasteiger partial charge >= 0.3 is 5.97 Å². The second-order valence-corrected chi connectivity index (χ2v) is 4.38. The molecule has 5 heteroatoms. The van der Waals surface area contributed by atoms with Crippen LogP contribution in [0, 0.1) is 0 Å². The molecule has 0 heterocycles. The van der Waals surface area contributed by atoms with E-state index in [9.17, 15) is 9.59 Å². The van der Waals surface area contributed by atoms with E-state index >= 15 is 0 Å². The highest BCUT2D eigenvalue weighted by Crippen LogP contribution is 2.28. The Morgan fingerprint density at radius 1 is 1.14 bits per heavy atom. The first-order chi connectivity index (χ1) is 10.0. The monoisotopic (exact) mass is 292 g/mol. The van der Waals surface area contributed by atoms with E-state index in [2.05, 4.69) is 0 Å². The van der Waals surface area contributed by atoms with Crippen LogP contribution in [0.25, 0.3) is 6.08 Å². The van der Waals surface area contributed by atoms with Gasteiger partial charge in [-0.15, -0.1) is 0 Å². The minimum absolute atomic E-state index is 0.0349. The van der Waals surface area contributed by atoms with Gasteiger partial charge in [-0.1, -0.05) is 6.07 Å². The van der Waals surface area contributed by atoms with E-state index in [4.69, 9.17) is 14.2 Å². The van der Waals surface area contributed by atoms with E-state index in [0.717, 1.165) is 5.56 Å². The smallest absolute Gasteiger partial charge is 0.334 e. The fraction of sp³-hybridized carbons (Fsp3) is 0.375. The predicted molar refractivity (Wildman–Crippen MR) is 79.5 cm³/mol. The van der Waals surface area contributed by atoms with Crippen molar-refractivity contribution in [1.29, 1.82) is 0 Å². The van der Waals surface area contributed by atoms with Crippen molar-refractivity contribution < 1.29 is 23.8 Å². The molecule has 0 saturated carbocycles. The lowest BCUT2D eigenvalue weighted by atomic mass is 10.1. The standard InChI is InChI=1S/C16H20O5/c1-5-21-16(18)13(8-11(2)17)9-12-6-7-14(19-3)15(10-12)20-4/h6-7,9-10H,5,8H2,1-4H3/b13-9+. The zero-order valence-corrected chi connectivity index (χ0v) is 12.8. The fourth-order valence-corrected chi connectivity index (χ4v) is 1.82. The lowest BCUT2D eigenvalue weighted by Crippen LogP contribution is -2.10. The average Bonchev–Trinajstić information content (AvgIpc) is 2.46. The largest absolute Gasteiger partial charge is 0.493 e. The van der Waals surface area contributed by atoms with Gasteiger partial charge in [0.25, 0.3) is 0 Å². The van der Waals surface area contributed by atoms with E-state index in [1.807, 2.05) is 0 Å². The number of Topliss-reactive ketones (excluding diaryl/α,β-unsaturated/α-hetero) is 1. The van der Waals surface area contributed by atoms with Crippen LogP contribution in [0.3, 0.4) is 0 Å². The molecule has 0 unspecified atom stereocenters. The number of esters is 1. The molecule has 0 spiro atoms. The van der Waals surface area contributed by atoms with Crippen LogP contribution in [-0.4, -0.2) is 32.6 Å². The molecule has 21 heavy (non-hydrogen) atoms. The van der Waals surface area contributed by atoms with Gasteiger partial charge < -0.3 is 14.2 Å². The Balaban J connectivity index is 3.14. The third kappa shape index (κ3) is 4.95. The first-order valence-electron chi connectivity index (χ1n) is 6.61. The number of rotatable bonds is 7. The number of methoxy groups -OCH3 is 2. The maximum absolute atomic E-state index is 11.9. The van der Waals surface area contributed by atoms with Crippen molar-refractivity contribution in [3.8, 4) is 11.5 Å². The molecule has 0 radical (unpaired) electrons. The van der Waals surface area contributed by atoms with E-state index in [-0.39, 0.29) is 18.8 Å². The molecule has 114 valence electrons. The highest BCUT2D eigenvalue weighted by atomic mass is 16.5. The minimum atomic E-state index is -0.484. The number of hydrogen-bond acceptors (Lipinski definition) is 5. The molecule has 0 saturated heterocycles. The van der Waals surface area contributed by atoms with Crippen molar-refractivity contribution in [3.63, 3.8) is 0 Å². The summed E-state index contributed by atoms with van der Waals surface area (Å²) in [5.41, 5.74) is 1.05. The van der Waals surface area contributed by atoms with Crippen LogP contribution in [0.15, 0.2) is 23.8 Å². The van der Waals surface area contributed by atoms with E-state index < -0.39 is 5.97 Å². The number of benzene rings is 1. The Hall–Kier alpha value is -2.30. The Morgan fingerprint density at radius 2 is 1.81 bits per heavy atom. The molecule has 0 aliphatic carbocycles. The van der Waals surface area contributed by atoms with E-state index in [0.29, 0.717) is 17.1 Å². The summed E-state index contributed by atoms with van der Waals surface area (Å²) >= 11 is 0. The van der Waals surface area contributed by atoms with Crippen molar-refractivity contribution in [3.05, 3.63) is 29.3 Å². The molecule has 0 aromatic heterocycles. The van der Waals surface area contributed by atoms with Crippen LogP contribution in [0.2, 0.25) is 0 Å². The number of carbonyl (C=O) groups excluding carboxylic acids is 2. The van der Waals surface area contributed by atoms with Gasteiger partial charge in [0, 0.05) is 12.0 Å². The summed E-state index contributed by atoms with van der Waals surface area (Å²) in [4.78, 5) is 23.1. The Bertz CT molecular complexity index is 546. The molecule has 0 fully saturated rings. The van der Waals surface area contributed by atoms with Gasteiger partial charge in [-0.2, -0.15) is 0 Å². The third-order valence-corrected chi connectivity index (χ3v) is 2.73. The molecular formula is C16H20O5. The van der Waals surface area contributed by atoms with Crippen LogP contribution >= 0.6 is 0 Å². The third-order valence-electron chi connectivity index (χ3n) is 2.73. The minimum Gasteiger partial charge on any atom is -0.493 e. The van der Waals surface area contributed by atoms with Gasteiger partial charge in [-0.05, 0) is 37.6 Å². The summed E-state index contributed by atoms with van der Waals surface area (Å²) in [6.07, 6.45) is 1.66. The molecule has 0 N–H and O–H groups in total. The summed E-state index contributed by atoms with van der Waals surface area (Å²) in [5, 5.41) is 0. The molecule has 0 amide bonds. The summed E-state index contributed by atoms with van der Waals surface area (Å²) in [6.45, 7) is 3.42. The van der Waals surface area contributed by atoms with Gasteiger partial charge in [-0.25, -0.2) is 4.79 Å². The van der Waals surface area contributed by atoms with Crippen molar-refractivity contribution in [2.75, 3.05) is 20.8 Å². The van der Waals surface area contributed by atoms with Crippen molar-refractivity contribution in [1.82, 2.24) is 0 Å². The van der Waals surface area contributed by atoms with Gasteiger partial charge in [-0.3, -0.25) is 4.79 Å². The molecular weight excluding hydrogens is 272 g/mol. The summed E-state index contributed by atoms with van der Waals surface area (Å²) in [7, 11) is 3.08. The van der Waals surface area contributed by atoms with Crippen molar-refractivity contribution >= 4 is 17.8 Å². The van der Waals surface area contributed by atoms with Crippen LogP contribution in [0.5, 0.6) is 11.5 Å². The second kappa shape index (κ2) is 8.09. The van der Waals surface area contributed by atoms with E-state index in [1.165, 1.54) is 14.0 Å². The zero-order valence-electron chi connectivity index (χ0n) is 12.8. The summed E-state index contributed by atoms with van der Waals surface area (Å²) < 4.78 is 15.3. The normalized spacial score (nSPS) is 11.0. The maximum atomic E-state index is 11.9. The number of ketones is 1. The molecule has 1 aromatic carbocycles. The van der Waals surface area contributed by atoms with Gasteiger partial charge in [0.1, 0.15) is 5.78 Å². The summed E-state index contributed by atoms with van der Waals surface area (Å²) in [6, 6.07) is 5.25. The van der Waals surface area contributed by atoms with E-state index in [1.54, 1.807) is 38.3 Å². The molecule has 0 aliphatic rings. The molecule has 1 rings (SSSR count). The number of carbonyl (C=O) groups is 2. The lowest BCUT2D eigenvalue weighted by Gasteiger charge is -2.09. The van der Waals surface area contributed by atoms with Gasteiger partial charge in [0.2, 0.25) is 0 Å². The van der Waals surface area contributed by atoms with Gasteiger partial charge in [0.05, 0.1) is 20.8 Å². The van der Waals surface area contributed by atoms with Crippen LogP contribution in [-0.2, 0) is 14.3 Å². The number of ether oxygens (including phenoxy) is 3. The highest BCUT2D eigenvalue weighted by molar-refractivity contribution is 5.99. The average molecular weight is 292 g/mol. The topological polar surface area (TPSA) is 61.8 Å². The van der Waals surface area contributed by atoms with Gasteiger partial charge in [0.15, 0.2) is 11.5 Å². The molecule has 1 aromatic rings. The number of hydrogen-bond donors (Lipinski definition) is 0. The second-order valence-electron chi connectivity index (χ2n) is 4.38. The first kappa shape index (κ1) is 16.8.